The molecule has 0 saturated carbocycles. The molecule has 88 valence electrons. The summed E-state index contributed by atoms with van der Waals surface area (Å²) in [6, 6.07) is 5.33. The summed E-state index contributed by atoms with van der Waals surface area (Å²) >= 11 is 7.53. The number of rotatable bonds is 5. The topological polar surface area (TPSA) is 26.3 Å². The summed E-state index contributed by atoms with van der Waals surface area (Å²) in [5.74, 6) is 0.678. The van der Waals surface area contributed by atoms with Crippen LogP contribution in [0.15, 0.2) is 23.1 Å². The summed E-state index contributed by atoms with van der Waals surface area (Å²) in [4.78, 5) is 12.6. The van der Waals surface area contributed by atoms with Crippen LogP contribution in [0.5, 0.6) is 0 Å². The molecule has 0 unspecified atom stereocenters. The minimum Gasteiger partial charge on any atom is -0.462 e. The van der Waals surface area contributed by atoms with Crippen molar-refractivity contribution in [2.45, 2.75) is 25.2 Å². The van der Waals surface area contributed by atoms with Crippen LogP contribution in [0.25, 0.3) is 0 Å². The zero-order chi connectivity index (χ0) is 12.0. The van der Waals surface area contributed by atoms with Gasteiger partial charge in [0, 0.05) is 9.92 Å². The van der Waals surface area contributed by atoms with Crippen molar-refractivity contribution in [3.05, 3.63) is 28.8 Å². The van der Waals surface area contributed by atoms with Crippen LogP contribution in [-0.2, 0) is 4.74 Å². The van der Waals surface area contributed by atoms with Crippen molar-refractivity contribution in [1.82, 2.24) is 0 Å². The maximum absolute atomic E-state index is 11.7. The van der Waals surface area contributed by atoms with Gasteiger partial charge < -0.3 is 4.74 Å². The van der Waals surface area contributed by atoms with Gasteiger partial charge in [-0.3, -0.25) is 0 Å². The van der Waals surface area contributed by atoms with Gasteiger partial charge in [-0.1, -0.05) is 18.5 Å². The largest absolute Gasteiger partial charge is 0.462 e. The SMILES string of the molecule is CCCSc1ccc(Cl)cc1C(=O)OCC. The number of hydrogen-bond donors (Lipinski definition) is 0. The number of ether oxygens (including phenoxy) is 1. The molecule has 1 rings (SSSR count). The average molecular weight is 259 g/mol. The van der Waals surface area contributed by atoms with Crippen molar-refractivity contribution in [1.29, 1.82) is 0 Å². The second-order valence-electron chi connectivity index (χ2n) is 3.21. The zero-order valence-electron chi connectivity index (χ0n) is 9.46. The first kappa shape index (κ1) is 13.4. The predicted molar refractivity (Wildman–Crippen MR) is 68.4 cm³/mol. The summed E-state index contributed by atoms with van der Waals surface area (Å²) in [5.41, 5.74) is 0.563. The number of carbonyl (C=O) groups is 1. The van der Waals surface area contributed by atoms with E-state index in [1.807, 2.05) is 6.07 Å². The molecule has 1 aromatic carbocycles. The molecule has 0 aliphatic heterocycles. The van der Waals surface area contributed by atoms with Crippen molar-refractivity contribution in [2.75, 3.05) is 12.4 Å². The van der Waals surface area contributed by atoms with E-state index in [9.17, 15) is 4.79 Å². The summed E-state index contributed by atoms with van der Waals surface area (Å²) in [6.07, 6.45) is 1.07. The highest BCUT2D eigenvalue weighted by molar-refractivity contribution is 7.99. The Balaban J connectivity index is 2.93. The number of esters is 1. The summed E-state index contributed by atoms with van der Waals surface area (Å²) in [6.45, 7) is 4.28. The fourth-order valence-electron chi connectivity index (χ4n) is 1.21. The van der Waals surface area contributed by atoms with E-state index in [2.05, 4.69) is 6.92 Å². The minimum absolute atomic E-state index is 0.302. The summed E-state index contributed by atoms with van der Waals surface area (Å²) in [7, 11) is 0. The first-order chi connectivity index (χ1) is 7.69. The van der Waals surface area contributed by atoms with E-state index in [-0.39, 0.29) is 5.97 Å². The lowest BCUT2D eigenvalue weighted by Gasteiger charge is -2.08. The van der Waals surface area contributed by atoms with E-state index in [1.54, 1.807) is 30.8 Å². The Morgan fingerprint density at radius 2 is 2.19 bits per heavy atom. The number of hydrogen-bond acceptors (Lipinski definition) is 3. The third-order valence-electron chi connectivity index (χ3n) is 1.90. The second-order valence-corrected chi connectivity index (χ2v) is 4.78. The zero-order valence-corrected chi connectivity index (χ0v) is 11.0. The van der Waals surface area contributed by atoms with Gasteiger partial charge in [0.25, 0.3) is 0 Å². The molecule has 0 N–H and O–H groups in total. The molecular formula is C12H15ClO2S. The maximum atomic E-state index is 11.7. The lowest BCUT2D eigenvalue weighted by Crippen LogP contribution is -2.06. The molecule has 16 heavy (non-hydrogen) atoms. The van der Waals surface area contributed by atoms with Gasteiger partial charge in [-0.15, -0.1) is 11.8 Å². The standard InChI is InChI=1S/C12H15ClO2S/c1-3-7-16-11-6-5-9(13)8-10(11)12(14)15-4-2/h5-6,8H,3-4,7H2,1-2H3. The molecular weight excluding hydrogens is 244 g/mol. The van der Waals surface area contributed by atoms with Crippen LogP contribution in [0.4, 0.5) is 0 Å². The van der Waals surface area contributed by atoms with Crippen LogP contribution in [0, 0.1) is 0 Å². The van der Waals surface area contributed by atoms with Gasteiger partial charge in [0.05, 0.1) is 12.2 Å². The van der Waals surface area contributed by atoms with E-state index >= 15 is 0 Å². The number of benzene rings is 1. The van der Waals surface area contributed by atoms with Crippen molar-refractivity contribution in [3.63, 3.8) is 0 Å². The van der Waals surface area contributed by atoms with E-state index < -0.39 is 0 Å². The molecule has 0 fully saturated rings. The van der Waals surface area contributed by atoms with Crippen LogP contribution in [-0.4, -0.2) is 18.3 Å². The summed E-state index contributed by atoms with van der Waals surface area (Å²) in [5, 5.41) is 0.559. The van der Waals surface area contributed by atoms with Gasteiger partial charge >= 0.3 is 5.97 Å². The summed E-state index contributed by atoms with van der Waals surface area (Å²) < 4.78 is 4.99. The number of thioether (sulfide) groups is 1. The van der Waals surface area contributed by atoms with Crippen molar-refractivity contribution >= 4 is 29.3 Å². The van der Waals surface area contributed by atoms with Gasteiger partial charge in [0.2, 0.25) is 0 Å². The molecule has 4 heteroatoms. The highest BCUT2D eigenvalue weighted by Crippen LogP contribution is 2.26. The molecule has 0 spiro atoms. The van der Waals surface area contributed by atoms with Crippen molar-refractivity contribution < 1.29 is 9.53 Å². The molecule has 0 atom stereocenters. The molecule has 0 amide bonds. The molecule has 0 radical (unpaired) electrons. The Bertz CT molecular complexity index is 366. The highest BCUT2D eigenvalue weighted by Gasteiger charge is 2.13. The van der Waals surface area contributed by atoms with Crippen LogP contribution in [0.2, 0.25) is 5.02 Å². The number of halogens is 1. The molecule has 0 aliphatic rings. The monoisotopic (exact) mass is 258 g/mol. The van der Waals surface area contributed by atoms with Crippen LogP contribution >= 0.6 is 23.4 Å². The Labute approximate surface area is 105 Å². The van der Waals surface area contributed by atoms with Gasteiger partial charge in [0.1, 0.15) is 0 Å². The minimum atomic E-state index is -0.302. The molecule has 1 aromatic rings. The Morgan fingerprint density at radius 3 is 2.81 bits per heavy atom. The Hall–Kier alpha value is -0.670. The van der Waals surface area contributed by atoms with Crippen molar-refractivity contribution in [2.24, 2.45) is 0 Å². The van der Waals surface area contributed by atoms with Gasteiger partial charge in [-0.25, -0.2) is 4.79 Å². The molecule has 0 aliphatic carbocycles. The smallest absolute Gasteiger partial charge is 0.339 e. The second kappa shape index (κ2) is 6.81. The van der Waals surface area contributed by atoms with E-state index in [1.165, 1.54) is 0 Å². The quantitative estimate of drug-likeness (QED) is 0.589. The normalized spacial score (nSPS) is 10.2. The van der Waals surface area contributed by atoms with E-state index in [4.69, 9.17) is 16.3 Å². The first-order valence-electron chi connectivity index (χ1n) is 5.28. The molecule has 0 bridgehead atoms. The highest BCUT2D eigenvalue weighted by atomic mass is 35.5. The first-order valence-corrected chi connectivity index (χ1v) is 6.64. The lowest BCUT2D eigenvalue weighted by molar-refractivity contribution is 0.0522. The predicted octanol–water partition coefficient (Wildman–Crippen LogP) is 4.02. The van der Waals surface area contributed by atoms with Crippen LogP contribution in [0.3, 0.4) is 0 Å². The van der Waals surface area contributed by atoms with Gasteiger partial charge in [-0.05, 0) is 37.3 Å². The van der Waals surface area contributed by atoms with Gasteiger partial charge in [-0.2, -0.15) is 0 Å². The average Bonchev–Trinajstić information content (AvgIpc) is 2.27. The van der Waals surface area contributed by atoms with Gasteiger partial charge in [0.15, 0.2) is 0 Å². The fraction of sp³-hybridized carbons (Fsp3) is 0.417. The molecule has 0 saturated heterocycles. The fourth-order valence-corrected chi connectivity index (χ4v) is 2.27. The van der Waals surface area contributed by atoms with Crippen molar-refractivity contribution in [3.8, 4) is 0 Å². The maximum Gasteiger partial charge on any atom is 0.339 e. The molecule has 2 nitrogen and oxygen atoms in total. The molecule has 0 aromatic heterocycles. The van der Waals surface area contributed by atoms with Crippen LogP contribution < -0.4 is 0 Å². The van der Waals surface area contributed by atoms with Crippen LogP contribution in [0.1, 0.15) is 30.6 Å². The Morgan fingerprint density at radius 1 is 1.44 bits per heavy atom. The third-order valence-corrected chi connectivity index (χ3v) is 3.41. The third kappa shape index (κ3) is 3.72. The lowest BCUT2D eigenvalue weighted by atomic mass is 10.2. The molecule has 0 heterocycles. The Kier molecular flexibility index (Phi) is 5.71. The number of carbonyl (C=O) groups excluding carboxylic acids is 1. The van der Waals surface area contributed by atoms with E-state index in [0.29, 0.717) is 17.2 Å². The van der Waals surface area contributed by atoms with E-state index in [0.717, 1.165) is 17.1 Å².